The first kappa shape index (κ1) is 71.9. The molecule has 2 saturated heterocycles. The van der Waals surface area contributed by atoms with Crippen LogP contribution in [0.2, 0.25) is 30.9 Å². The molecule has 23 nitrogen and oxygen atoms in total. The highest BCUT2D eigenvalue weighted by atomic mass is 35.5. The van der Waals surface area contributed by atoms with Gasteiger partial charge in [0.25, 0.3) is 5.91 Å². The SMILES string of the molecule is C=CC[C@@]12CCC=C1OCC2.C=CC[C@@]12CCC[C@]1(OC(C)c1cc(Cl)n(C)n1)OCC2.CC(=O)c1cc(Cl)n(C)n1.CC(O)c1cc(Cl)n(C)n1.CC(O)c1cc(Cl)n(C)n1.CON(C)C(=O)c1cc(Cl)n(C)n1.Cn1nc(C(=O)O)cc1Cl. The van der Waals surface area contributed by atoms with E-state index in [-0.39, 0.29) is 34.6 Å². The summed E-state index contributed by atoms with van der Waals surface area (Å²) in [7, 11) is 13.1. The Hall–Kier alpha value is -5.57. The number of aryl methyl sites for hydroxylation is 6. The van der Waals surface area contributed by atoms with Gasteiger partial charge in [-0.05, 0) is 78.2 Å². The van der Waals surface area contributed by atoms with Gasteiger partial charge in [0.05, 0.1) is 55.4 Å². The van der Waals surface area contributed by atoms with Gasteiger partial charge in [0.1, 0.15) is 42.7 Å². The summed E-state index contributed by atoms with van der Waals surface area (Å²) < 4.78 is 27.0. The normalized spacial score (nSPS) is 19.7. The van der Waals surface area contributed by atoms with Gasteiger partial charge in [-0.25, -0.2) is 9.86 Å². The number of aromatic nitrogens is 12. The number of carbonyl (C=O) groups excluding carboxylic acids is 2. The molecular formula is C56H77Cl6N13O10. The fourth-order valence-electron chi connectivity index (χ4n) is 9.45. The number of fused-ring (bicyclic) bond motifs is 2. The van der Waals surface area contributed by atoms with Crippen molar-refractivity contribution in [1.29, 1.82) is 0 Å². The molecule has 468 valence electrons. The molecule has 2 aliphatic carbocycles. The second kappa shape index (κ2) is 32.4. The average Bonchev–Trinajstić information content (AvgIpc) is 1.93. The number of rotatable bonds is 13. The highest BCUT2D eigenvalue weighted by molar-refractivity contribution is 6.31. The standard InChI is InChI=1S/C16H23ClN2O2.C10H14O.C7H10ClN3O2.2C6H9ClN2O.C6H7ClN2O.C5H5ClN2O2/c1-4-6-15-7-5-8-16(15,20-10-9-15)21-12(2)13-11-14(17)19(3)18-13;1-2-5-10-6-3-4-9(10)11-8-7-10;1-10-6(8)4-5(9-10)7(12)11(2)13-3;3*1-4(10)5-3-6(7)9(2)8-5;1-8-4(6)2-3(7-8)5(9)10/h4,11-12H,1,5-10H2,2-3H3;2,4H,1,3,5-8H2;4H,1-3H3;2*3-4,10H,1-2H3;3H,1-2H3;2H,1H3,(H,9,10)/t12?,15-,16+;10-;;;;;/m00...../s1. The zero-order chi connectivity index (χ0) is 63.7. The van der Waals surface area contributed by atoms with E-state index in [4.69, 9.17) is 104 Å². The molecule has 3 fully saturated rings. The lowest BCUT2D eigenvalue weighted by molar-refractivity contribution is -0.268. The van der Waals surface area contributed by atoms with Gasteiger partial charge in [-0.3, -0.25) is 42.5 Å². The molecule has 1 amide bonds. The van der Waals surface area contributed by atoms with Gasteiger partial charge in [-0.15, -0.1) is 13.2 Å². The lowest BCUT2D eigenvalue weighted by Gasteiger charge is -2.40. The molecule has 1 saturated carbocycles. The minimum atomic E-state index is -1.07. The van der Waals surface area contributed by atoms with Crippen LogP contribution in [0.3, 0.4) is 0 Å². The monoisotopic (exact) mass is 1300 g/mol. The Labute approximate surface area is 525 Å². The predicted molar refractivity (Wildman–Crippen MR) is 326 cm³/mol. The molecule has 2 aliphatic heterocycles. The lowest BCUT2D eigenvalue weighted by atomic mass is 9.77. The van der Waals surface area contributed by atoms with Crippen LogP contribution in [0.5, 0.6) is 0 Å². The number of Topliss-reactive ketones (excluding diaryl/α,β-unsaturated/α-hetero) is 1. The Kier molecular flexibility index (Phi) is 27.4. The summed E-state index contributed by atoms with van der Waals surface area (Å²) in [5.74, 6) is -0.697. The van der Waals surface area contributed by atoms with Crippen molar-refractivity contribution >= 4 is 87.3 Å². The highest BCUT2D eigenvalue weighted by Gasteiger charge is 2.60. The Morgan fingerprint density at radius 1 is 0.647 bits per heavy atom. The molecule has 6 aromatic heterocycles. The maximum atomic E-state index is 11.4. The predicted octanol–water partition coefficient (Wildman–Crippen LogP) is 11.7. The number of hydrogen-bond acceptors (Lipinski definition) is 15. The number of carbonyl (C=O) groups is 3. The van der Waals surface area contributed by atoms with Crippen LogP contribution < -0.4 is 0 Å². The number of hydrogen-bond donors (Lipinski definition) is 3. The number of halogens is 6. The molecule has 8 heterocycles. The number of carboxylic acids is 1. The van der Waals surface area contributed by atoms with Crippen LogP contribution in [-0.2, 0) is 61.3 Å². The minimum absolute atomic E-state index is 0.0347. The second-order valence-electron chi connectivity index (χ2n) is 20.4. The molecule has 4 aliphatic rings. The summed E-state index contributed by atoms with van der Waals surface area (Å²) >= 11 is 34.2. The molecule has 0 spiro atoms. The Morgan fingerprint density at radius 3 is 1.46 bits per heavy atom. The zero-order valence-corrected chi connectivity index (χ0v) is 54.4. The summed E-state index contributed by atoms with van der Waals surface area (Å²) in [6.45, 7) is 16.2. The van der Waals surface area contributed by atoms with Gasteiger partial charge in [-0.1, -0.05) is 81.8 Å². The number of carboxylic acid groups (broad SMARTS) is 1. The lowest BCUT2D eigenvalue weighted by Crippen LogP contribution is -2.43. The number of aliphatic hydroxyl groups is 2. The van der Waals surface area contributed by atoms with E-state index in [1.165, 1.54) is 81.6 Å². The van der Waals surface area contributed by atoms with Crippen LogP contribution in [0.1, 0.15) is 152 Å². The molecule has 29 heteroatoms. The van der Waals surface area contributed by atoms with E-state index in [1.807, 2.05) is 32.2 Å². The zero-order valence-electron chi connectivity index (χ0n) is 49.9. The first-order valence-corrected chi connectivity index (χ1v) is 29.1. The van der Waals surface area contributed by atoms with Gasteiger partial charge < -0.3 is 29.5 Å². The second-order valence-corrected chi connectivity index (χ2v) is 22.7. The van der Waals surface area contributed by atoms with Crippen molar-refractivity contribution in [1.82, 2.24) is 63.7 Å². The summed E-state index contributed by atoms with van der Waals surface area (Å²) in [6, 6.07) is 9.48. The molecular weight excluding hydrogens is 1230 g/mol. The molecule has 3 unspecified atom stereocenters. The highest BCUT2D eigenvalue weighted by Crippen LogP contribution is 2.59. The first-order chi connectivity index (χ1) is 39.9. The van der Waals surface area contributed by atoms with Crippen molar-refractivity contribution in [2.24, 2.45) is 53.1 Å². The van der Waals surface area contributed by atoms with Gasteiger partial charge in [0, 0.05) is 110 Å². The van der Waals surface area contributed by atoms with Crippen molar-refractivity contribution < 1.29 is 48.8 Å². The summed E-state index contributed by atoms with van der Waals surface area (Å²) in [5.41, 5.74) is 3.16. The fourth-order valence-corrected chi connectivity index (χ4v) is 10.3. The van der Waals surface area contributed by atoms with Crippen LogP contribution in [0, 0.1) is 10.8 Å². The minimum Gasteiger partial charge on any atom is -0.498 e. The largest absolute Gasteiger partial charge is 0.498 e. The van der Waals surface area contributed by atoms with Crippen LogP contribution in [0.15, 0.2) is 73.5 Å². The molecule has 3 N–H and O–H groups in total. The molecule has 0 radical (unpaired) electrons. The third-order valence-electron chi connectivity index (χ3n) is 14.3. The molecule has 6 aromatic rings. The van der Waals surface area contributed by atoms with Crippen LogP contribution in [-0.4, -0.2) is 130 Å². The molecule has 10 rings (SSSR count). The fraction of sp³-hybridized carbons (Fsp3) is 0.518. The van der Waals surface area contributed by atoms with Crippen LogP contribution in [0.4, 0.5) is 0 Å². The van der Waals surface area contributed by atoms with Gasteiger partial charge in [0.15, 0.2) is 23.0 Å². The Bertz CT molecular complexity index is 3000. The van der Waals surface area contributed by atoms with E-state index in [1.54, 1.807) is 72.0 Å². The van der Waals surface area contributed by atoms with Crippen molar-refractivity contribution in [3.8, 4) is 0 Å². The van der Waals surface area contributed by atoms with Crippen molar-refractivity contribution in [3.63, 3.8) is 0 Å². The molecule has 85 heavy (non-hydrogen) atoms. The number of nitrogens with zero attached hydrogens (tertiary/aromatic N) is 13. The maximum absolute atomic E-state index is 11.4. The number of allylic oxidation sites excluding steroid dienone is 4. The first-order valence-electron chi connectivity index (χ1n) is 26.9. The van der Waals surface area contributed by atoms with Gasteiger partial charge in [-0.2, -0.15) is 30.6 Å². The molecule has 0 bridgehead atoms. The van der Waals surface area contributed by atoms with Gasteiger partial charge >= 0.3 is 5.97 Å². The summed E-state index contributed by atoms with van der Waals surface area (Å²) in [6.07, 6.45) is 15.1. The van der Waals surface area contributed by atoms with E-state index in [0.717, 1.165) is 62.5 Å². The van der Waals surface area contributed by atoms with Crippen molar-refractivity contribution in [2.45, 2.75) is 110 Å². The number of ketones is 1. The van der Waals surface area contributed by atoms with E-state index in [2.05, 4.69) is 49.8 Å². The average molecular weight is 1310 g/mol. The molecule has 6 atom stereocenters. The van der Waals surface area contributed by atoms with Gasteiger partial charge in [0.2, 0.25) is 0 Å². The van der Waals surface area contributed by atoms with E-state index in [0.29, 0.717) is 53.4 Å². The topological polar surface area (TPSA) is 259 Å². The Balaban J connectivity index is 0.000000217. The number of aliphatic hydroxyl groups excluding tert-OH is 2. The quantitative estimate of drug-likeness (QED) is 0.0551. The number of amides is 1. The maximum Gasteiger partial charge on any atom is 0.356 e. The number of aromatic carboxylic acids is 1. The number of hydroxylamine groups is 2. The van der Waals surface area contributed by atoms with Crippen LogP contribution >= 0.6 is 69.6 Å². The van der Waals surface area contributed by atoms with Crippen molar-refractivity contribution in [3.05, 3.63) is 139 Å². The third-order valence-corrected chi connectivity index (χ3v) is 16.4. The number of ether oxygens (including phenoxy) is 3. The smallest absolute Gasteiger partial charge is 0.356 e. The van der Waals surface area contributed by atoms with Crippen LogP contribution in [0.25, 0.3) is 0 Å². The summed E-state index contributed by atoms with van der Waals surface area (Å²) in [5, 5.41) is 54.1. The molecule has 0 aromatic carbocycles. The summed E-state index contributed by atoms with van der Waals surface area (Å²) in [4.78, 5) is 37.0. The third kappa shape index (κ3) is 19.2. The van der Waals surface area contributed by atoms with E-state index < -0.39 is 24.0 Å². The van der Waals surface area contributed by atoms with E-state index in [9.17, 15) is 14.4 Å². The van der Waals surface area contributed by atoms with Crippen molar-refractivity contribution in [2.75, 3.05) is 27.4 Å². The van der Waals surface area contributed by atoms with E-state index >= 15 is 0 Å². The Morgan fingerprint density at radius 2 is 1.09 bits per heavy atom.